The Bertz CT molecular complexity index is 516. The third-order valence-electron chi connectivity index (χ3n) is 2.95. The molecule has 6 nitrogen and oxygen atoms in total. The fraction of sp³-hybridized carbons (Fsp3) is 0.385. The maximum atomic E-state index is 11.9. The summed E-state index contributed by atoms with van der Waals surface area (Å²) in [4.78, 5) is 24.1. The van der Waals surface area contributed by atoms with Crippen LogP contribution >= 0.6 is 0 Å². The van der Waals surface area contributed by atoms with Crippen LogP contribution in [-0.4, -0.2) is 36.4 Å². The minimum atomic E-state index is -1.02. The third-order valence-corrected chi connectivity index (χ3v) is 2.95. The number of para-hydroxylation sites is 2. The molecule has 0 radical (unpaired) electrons. The van der Waals surface area contributed by atoms with Gasteiger partial charge < -0.3 is 14.6 Å². The molecule has 2 rings (SSSR count). The van der Waals surface area contributed by atoms with Gasteiger partial charge in [-0.05, 0) is 19.1 Å². The van der Waals surface area contributed by atoms with Crippen molar-refractivity contribution in [3.8, 4) is 5.75 Å². The molecule has 1 aromatic rings. The van der Waals surface area contributed by atoms with Gasteiger partial charge in [0.1, 0.15) is 11.4 Å². The summed E-state index contributed by atoms with van der Waals surface area (Å²) in [6.07, 6.45) is -0.794. The molecule has 19 heavy (non-hydrogen) atoms. The average Bonchev–Trinajstić information content (AvgIpc) is 2.63. The Hall–Kier alpha value is -2.24. The number of carboxylic acids is 1. The number of ether oxygens (including phenoxy) is 2. The number of nitrogens with zero attached hydrogens (tertiary/aromatic N) is 1. The van der Waals surface area contributed by atoms with E-state index in [1.807, 2.05) is 0 Å². The fourth-order valence-electron chi connectivity index (χ4n) is 2.15. The van der Waals surface area contributed by atoms with E-state index in [1.165, 1.54) is 12.0 Å². The molecule has 1 aromatic carbocycles. The van der Waals surface area contributed by atoms with Crippen molar-refractivity contribution in [2.75, 3.05) is 18.6 Å². The first kappa shape index (κ1) is 13.2. The topological polar surface area (TPSA) is 76.1 Å². The van der Waals surface area contributed by atoms with Crippen molar-refractivity contribution in [3.05, 3.63) is 24.3 Å². The first-order valence-electron chi connectivity index (χ1n) is 5.80. The van der Waals surface area contributed by atoms with Crippen LogP contribution in [0.5, 0.6) is 5.75 Å². The van der Waals surface area contributed by atoms with E-state index < -0.39 is 17.7 Å². The second kappa shape index (κ2) is 4.79. The van der Waals surface area contributed by atoms with Gasteiger partial charge >= 0.3 is 12.1 Å². The highest BCUT2D eigenvalue weighted by atomic mass is 16.6. The molecule has 1 aliphatic rings. The zero-order chi connectivity index (χ0) is 14.0. The standard InChI is InChI=1S/C13H15NO5/c1-13(7-11(15)16)8-14(12(17)19-13)9-5-3-4-6-10(9)18-2/h3-6H,7-8H2,1-2H3,(H,15,16). The molecule has 1 heterocycles. The predicted molar refractivity (Wildman–Crippen MR) is 67.5 cm³/mol. The number of amides is 1. The van der Waals surface area contributed by atoms with Gasteiger partial charge in [-0.3, -0.25) is 9.69 Å². The van der Waals surface area contributed by atoms with Crippen LogP contribution in [0.15, 0.2) is 24.3 Å². The summed E-state index contributed by atoms with van der Waals surface area (Å²) in [6, 6.07) is 7.03. The fourth-order valence-corrected chi connectivity index (χ4v) is 2.15. The molecule has 1 atom stereocenters. The lowest BCUT2D eigenvalue weighted by atomic mass is 10.0. The Morgan fingerprint density at radius 1 is 1.53 bits per heavy atom. The number of methoxy groups -OCH3 is 1. The molecule has 0 bridgehead atoms. The molecule has 0 aromatic heterocycles. The quantitative estimate of drug-likeness (QED) is 0.899. The molecular formula is C13H15NO5. The van der Waals surface area contributed by atoms with Crippen molar-refractivity contribution in [2.24, 2.45) is 0 Å². The van der Waals surface area contributed by atoms with Crippen LogP contribution in [0.3, 0.4) is 0 Å². The number of carbonyl (C=O) groups excluding carboxylic acids is 1. The largest absolute Gasteiger partial charge is 0.495 e. The molecular weight excluding hydrogens is 250 g/mol. The van der Waals surface area contributed by atoms with Crippen LogP contribution in [-0.2, 0) is 9.53 Å². The summed E-state index contributed by atoms with van der Waals surface area (Å²) in [5, 5.41) is 8.85. The van der Waals surface area contributed by atoms with Crippen molar-refractivity contribution in [3.63, 3.8) is 0 Å². The highest BCUT2D eigenvalue weighted by Gasteiger charge is 2.44. The number of cyclic esters (lactones) is 1. The van der Waals surface area contributed by atoms with Crippen LogP contribution < -0.4 is 9.64 Å². The van der Waals surface area contributed by atoms with E-state index in [0.29, 0.717) is 11.4 Å². The summed E-state index contributed by atoms with van der Waals surface area (Å²) < 4.78 is 10.4. The Labute approximate surface area is 110 Å². The highest BCUT2D eigenvalue weighted by Crippen LogP contribution is 2.35. The number of benzene rings is 1. The average molecular weight is 265 g/mol. The zero-order valence-electron chi connectivity index (χ0n) is 10.8. The van der Waals surface area contributed by atoms with Crippen LogP contribution in [0.2, 0.25) is 0 Å². The lowest BCUT2D eigenvalue weighted by molar-refractivity contribution is -0.140. The van der Waals surface area contributed by atoms with Gasteiger partial charge in [-0.1, -0.05) is 12.1 Å². The Morgan fingerprint density at radius 3 is 2.84 bits per heavy atom. The van der Waals surface area contributed by atoms with Gasteiger partial charge in [0.2, 0.25) is 0 Å². The molecule has 6 heteroatoms. The molecule has 102 valence electrons. The van der Waals surface area contributed by atoms with Crippen LogP contribution in [0.1, 0.15) is 13.3 Å². The molecule has 1 unspecified atom stereocenters. The number of carbonyl (C=O) groups is 2. The molecule has 1 aliphatic heterocycles. The van der Waals surface area contributed by atoms with Gasteiger partial charge in [0, 0.05) is 0 Å². The van der Waals surface area contributed by atoms with Crippen molar-refractivity contribution < 1.29 is 24.2 Å². The summed E-state index contributed by atoms with van der Waals surface area (Å²) in [5.74, 6) is -0.462. The lowest BCUT2D eigenvalue weighted by Gasteiger charge is -2.20. The molecule has 0 saturated carbocycles. The summed E-state index contributed by atoms with van der Waals surface area (Å²) in [5.41, 5.74) is -0.451. The first-order chi connectivity index (χ1) is 8.95. The first-order valence-corrected chi connectivity index (χ1v) is 5.80. The number of hydrogen-bond donors (Lipinski definition) is 1. The van der Waals surface area contributed by atoms with Gasteiger partial charge in [-0.15, -0.1) is 0 Å². The number of anilines is 1. The van der Waals surface area contributed by atoms with E-state index in [9.17, 15) is 9.59 Å². The van der Waals surface area contributed by atoms with Crippen LogP contribution in [0, 0.1) is 0 Å². The summed E-state index contributed by atoms with van der Waals surface area (Å²) in [6.45, 7) is 1.78. The summed E-state index contributed by atoms with van der Waals surface area (Å²) in [7, 11) is 1.51. The van der Waals surface area contributed by atoms with Crippen LogP contribution in [0.4, 0.5) is 10.5 Å². The zero-order valence-corrected chi connectivity index (χ0v) is 10.8. The highest BCUT2D eigenvalue weighted by molar-refractivity contribution is 5.92. The molecule has 1 fully saturated rings. The van der Waals surface area contributed by atoms with E-state index >= 15 is 0 Å². The van der Waals surface area contributed by atoms with Gasteiger partial charge in [-0.25, -0.2) is 4.79 Å². The van der Waals surface area contributed by atoms with Gasteiger partial charge in [0.15, 0.2) is 0 Å². The van der Waals surface area contributed by atoms with E-state index in [2.05, 4.69) is 0 Å². The van der Waals surface area contributed by atoms with E-state index in [0.717, 1.165) is 0 Å². The molecule has 0 spiro atoms. The molecule has 1 N–H and O–H groups in total. The minimum Gasteiger partial charge on any atom is -0.495 e. The van der Waals surface area contributed by atoms with E-state index in [4.69, 9.17) is 14.6 Å². The number of hydrogen-bond acceptors (Lipinski definition) is 4. The van der Waals surface area contributed by atoms with Crippen molar-refractivity contribution >= 4 is 17.7 Å². The normalized spacial score (nSPS) is 22.2. The molecule has 1 saturated heterocycles. The lowest BCUT2D eigenvalue weighted by Crippen LogP contribution is -2.33. The van der Waals surface area contributed by atoms with Gasteiger partial charge in [0.05, 0.1) is 25.8 Å². The second-order valence-electron chi connectivity index (χ2n) is 4.65. The Balaban J connectivity index is 2.27. The van der Waals surface area contributed by atoms with E-state index in [1.54, 1.807) is 31.2 Å². The SMILES string of the molecule is COc1ccccc1N1CC(C)(CC(=O)O)OC1=O. The van der Waals surface area contributed by atoms with Crippen LogP contribution in [0.25, 0.3) is 0 Å². The maximum Gasteiger partial charge on any atom is 0.415 e. The van der Waals surface area contributed by atoms with Crippen molar-refractivity contribution in [2.45, 2.75) is 18.9 Å². The number of aliphatic carboxylic acids is 1. The Kier molecular flexibility index (Phi) is 3.33. The maximum absolute atomic E-state index is 11.9. The molecule has 1 amide bonds. The number of carboxylic acid groups (broad SMARTS) is 1. The third kappa shape index (κ3) is 2.62. The summed E-state index contributed by atoms with van der Waals surface area (Å²) >= 11 is 0. The smallest absolute Gasteiger partial charge is 0.415 e. The Morgan fingerprint density at radius 2 is 2.21 bits per heavy atom. The minimum absolute atomic E-state index is 0.179. The van der Waals surface area contributed by atoms with Gasteiger partial charge in [0.25, 0.3) is 0 Å². The predicted octanol–water partition coefficient (Wildman–Crippen LogP) is 1.89. The van der Waals surface area contributed by atoms with Crippen molar-refractivity contribution in [1.29, 1.82) is 0 Å². The molecule has 0 aliphatic carbocycles. The monoisotopic (exact) mass is 265 g/mol. The van der Waals surface area contributed by atoms with E-state index in [-0.39, 0.29) is 13.0 Å². The number of rotatable bonds is 4. The van der Waals surface area contributed by atoms with Gasteiger partial charge in [-0.2, -0.15) is 0 Å². The van der Waals surface area contributed by atoms with Crippen molar-refractivity contribution in [1.82, 2.24) is 0 Å². The second-order valence-corrected chi connectivity index (χ2v) is 4.65.